The fraction of sp³-hybridized carbons (Fsp3) is 0.583. The summed E-state index contributed by atoms with van der Waals surface area (Å²) in [6.07, 6.45) is 2.36. The molecule has 1 saturated heterocycles. The third-order valence-electron chi connectivity index (χ3n) is 3.30. The number of sulfonamides is 1. The lowest BCUT2D eigenvalue weighted by molar-refractivity contribution is 0.347. The molecule has 0 aromatic carbocycles. The molecule has 0 bridgehead atoms. The highest BCUT2D eigenvalue weighted by Crippen LogP contribution is 2.22. The summed E-state index contributed by atoms with van der Waals surface area (Å²) in [5, 5.41) is 3.00. The second kappa shape index (κ2) is 5.85. The summed E-state index contributed by atoms with van der Waals surface area (Å²) in [7, 11) is 0.192. The molecule has 1 aromatic heterocycles. The second-order valence-corrected chi connectivity index (χ2v) is 6.52. The molecule has 0 amide bonds. The van der Waals surface area contributed by atoms with Gasteiger partial charge in [0, 0.05) is 32.9 Å². The zero-order valence-electron chi connectivity index (χ0n) is 11.3. The van der Waals surface area contributed by atoms with Gasteiger partial charge >= 0.3 is 0 Å². The van der Waals surface area contributed by atoms with Crippen LogP contribution in [0.2, 0.25) is 0 Å². The van der Waals surface area contributed by atoms with Crippen molar-refractivity contribution in [1.82, 2.24) is 14.2 Å². The van der Waals surface area contributed by atoms with Crippen molar-refractivity contribution >= 4 is 15.7 Å². The van der Waals surface area contributed by atoms with Crippen molar-refractivity contribution in [1.29, 1.82) is 0 Å². The highest BCUT2D eigenvalue weighted by Gasteiger charge is 2.29. The van der Waals surface area contributed by atoms with Crippen molar-refractivity contribution in [3.05, 3.63) is 18.3 Å². The van der Waals surface area contributed by atoms with Crippen molar-refractivity contribution in [3.63, 3.8) is 0 Å². The highest BCUT2D eigenvalue weighted by atomic mass is 32.2. The van der Waals surface area contributed by atoms with Gasteiger partial charge in [-0.15, -0.1) is 0 Å². The lowest BCUT2D eigenvalue weighted by Crippen LogP contribution is -2.35. The van der Waals surface area contributed by atoms with Crippen molar-refractivity contribution in [2.24, 2.45) is 0 Å². The van der Waals surface area contributed by atoms with E-state index in [9.17, 15) is 8.42 Å². The van der Waals surface area contributed by atoms with Crippen LogP contribution in [0.5, 0.6) is 0 Å². The third kappa shape index (κ3) is 3.05. The molecular weight excluding hydrogens is 264 g/mol. The van der Waals surface area contributed by atoms with Gasteiger partial charge in [-0.25, -0.2) is 13.4 Å². The summed E-state index contributed by atoms with van der Waals surface area (Å²) in [5.41, 5.74) is 0.542. The molecule has 1 N–H and O–H groups in total. The van der Waals surface area contributed by atoms with Crippen LogP contribution >= 0.6 is 0 Å². The van der Waals surface area contributed by atoms with E-state index in [1.165, 1.54) is 10.5 Å². The van der Waals surface area contributed by atoms with Crippen LogP contribution in [0.15, 0.2) is 23.4 Å². The first-order valence-electron chi connectivity index (χ1n) is 6.37. The fourth-order valence-electron chi connectivity index (χ4n) is 2.17. The Morgan fingerprint density at radius 2 is 2.05 bits per heavy atom. The van der Waals surface area contributed by atoms with E-state index in [0.717, 1.165) is 19.5 Å². The van der Waals surface area contributed by atoms with Gasteiger partial charge in [0.2, 0.25) is 0 Å². The summed E-state index contributed by atoms with van der Waals surface area (Å²) in [4.78, 5) is 6.19. The average molecular weight is 284 g/mol. The number of aromatic nitrogens is 1. The van der Waals surface area contributed by atoms with Gasteiger partial charge < -0.3 is 10.2 Å². The standard InChI is InChI=1S/C12H20N4O2S/c1-13-11-5-3-6-14-12(11)19(17,18)16-8-4-7-15(2)9-10-16/h3,5-6,13H,4,7-10H2,1-2H3. The van der Waals surface area contributed by atoms with Crippen LogP contribution in [0.25, 0.3) is 0 Å². The molecule has 2 heterocycles. The van der Waals surface area contributed by atoms with E-state index >= 15 is 0 Å². The maximum atomic E-state index is 12.6. The number of rotatable bonds is 3. The Labute approximate surface area is 114 Å². The Hall–Kier alpha value is -1.18. The highest BCUT2D eigenvalue weighted by molar-refractivity contribution is 7.89. The molecule has 7 heteroatoms. The molecule has 0 radical (unpaired) electrons. The van der Waals surface area contributed by atoms with Crippen LogP contribution in [0.3, 0.4) is 0 Å². The van der Waals surface area contributed by atoms with Crippen LogP contribution in [0, 0.1) is 0 Å². The van der Waals surface area contributed by atoms with Gasteiger partial charge in [-0.1, -0.05) is 0 Å². The van der Waals surface area contributed by atoms with Crippen LogP contribution in [-0.2, 0) is 10.0 Å². The molecule has 1 aliphatic heterocycles. The molecule has 0 atom stereocenters. The maximum absolute atomic E-state index is 12.6. The number of hydrogen-bond acceptors (Lipinski definition) is 5. The summed E-state index contributed by atoms with van der Waals surface area (Å²) in [5.74, 6) is 0. The fourth-order valence-corrected chi connectivity index (χ4v) is 3.75. The van der Waals surface area contributed by atoms with Gasteiger partial charge in [0.05, 0.1) is 5.69 Å². The zero-order chi connectivity index (χ0) is 13.9. The van der Waals surface area contributed by atoms with Crippen molar-refractivity contribution in [3.8, 4) is 0 Å². The van der Waals surface area contributed by atoms with E-state index in [2.05, 4.69) is 15.2 Å². The maximum Gasteiger partial charge on any atom is 0.262 e. The minimum Gasteiger partial charge on any atom is -0.386 e. The predicted octanol–water partition coefficient (Wildman–Crippen LogP) is 0.450. The summed E-state index contributed by atoms with van der Waals surface area (Å²) >= 11 is 0. The molecule has 1 fully saturated rings. The largest absolute Gasteiger partial charge is 0.386 e. The molecule has 0 spiro atoms. The normalized spacial score (nSPS) is 19.1. The number of hydrogen-bond donors (Lipinski definition) is 1. The molecule has 2 rings (SSSR count). The van der Waals surface area contributed by atoms with E-state index in [1.54, 1.807) is 19.2 Å². The Morgan fingerprint density at radius 1 is 1.26 bits per heavy atom. The smallest absolute Gasteiger partial charge is 0.262 e. The number of likely N-dealkylation sites (N-methyl/N-ethyl adjacent to an activating group) is 1. The molecule has 106 valence electrons. The van der Waals surface area contributed by atoms with Crippen molar-refractivity contribution in [2.45, 2.75) is 11.4 Å². The lowest BCUT2D eigenvalue weighted by atomic mass is 10.4. The topological polar surface area (TPSA) is 65.5 Å². The molecule has 0 unspecified atom stereocenters. The first-order valence-corrected chi connectivity index (χ1v) is 7.81. The van der Waals surface area contributed by atoms with E-state index < -0.39 is 10.0 Å². The third-order valence-corrected chi connectivity index (χ3v) is 5.16. The van der Waals surface area contributed by atoms with E-state index in [0.29, 0.717) is 18.8 Å². The van der Waals surface area contributed by atoms with Crippen LogP contribution in [0.1, 0.15) is 6.42 Å². The number of nitrogens with zero attached hydrogens (tertiary/aromatic N) is 3. The van der Waals surface area contributed by atoms with E-state index in [1.807, 2.05) is 7.05 Å². The minimum atomic E-state index is -3.52. The zero-order valence-corrected chi connectivity index (χ0v) is 12.2. The van der Waals surface area contributed by atoms with Gasteiger partial charge in [-0.3, -0.25) is 0 Å². The van der Waals surface area contributed by atoms with Crippen LogP contribution in [-0.4, -0.2) is 62.9 Å². The minimum absolute atomic E-state index is 0.113. The SMILES string of the molecule is CNc1cccnc1S(=O)(=O)N1CCCN(C)CC1. The second-order valence-electron chi connectivity index (χ2n) is 4.67. The van der Waals surface area contributed by atoms with Gasteiger partial charge in [-0.05, 0) is 32.1 Å². The summed E-state index contributed by atoms with van der Waals surface area (Å²) in [6, 6.07) is 3.45. The van der Waals surface area contributed by atoms with Crippen LogP contribution in [0.4, 0.5) is 5.69 Å². The number of anilines is 1. The number of nitrogens with one attached hydrogen (secondary N) is 1. The Bertz CT molecular complexity index is 532. The van der Waals surface area contributed by atoms with Crippen molar-refractivity contribution in [2.75, 3.05) is 45.6 Å². The molecule has 0 saturated carbocycles. The quantitative estimate of drug-likeness (QED) is 0.873. The van der Waals surface area contributed by atoms with Crippen LogP contribution < -0.4 is 5.32 Å². The number of pyridine rings is 1. The molecule has 19 heavy (non-hydrogen) atoms. The average Bonchev–Trinajstić information content (AvgIpc) is 2.64. The first-order chi connectivity index (χ1) is 9.05. The molecule has 0 aliphatic carbocycles. The molecule has 1 aliphatic rings. The van der Waals surface area contributed by atoms with Gasteiger partial charge in [0.15, 0.2) is 5.03 Å². The predicted molar refractivity (Wildman–Crippen MR) is 74.7 cm³/mol. The Balaban J connectivity index is 2.31. The van der Waals surface area contributed by atoms with Gasteiger partial charge in [0.1, 0.15) is 0 Å². The summed E-state index contributed by atoms with van der Waals surface area (Å²) in [6.45, 7) is 2.74. The molecular formula is C12H20N4O2S. The van der Waals surface area contributed by atoms with Crippen molar-refractivity contribution < 1.29 is 8.42 Å². The monoisotopic (exact) mass is 284 g/mol. The lowest BCUT2D eigenvalue weighted by Gasteiger charge is -2.20. The summed E-state index contributed by atoms with van der Waals surface area (Å²) < 4.78 is 26.8. The Morgan fingerprint density at radius 3 is 2.79 bits per heavy atom. The molecule has 1 aromatic rings. The molecule has 6 nitrogen and oxygen atoms in total. The van der Waals surface area contributed by atoms with Gasteiger partial charge in [-0.2, -0.15) is 4.31 Å². The Kier molecular flexibility index (Phi) is 4.38. The van der Waals surface area contributed by atoms with Gasteiger partial charge in [0.25, 0.3) is 10.0 Å². The first kappa shape index (κ1) is 14.2. The van der Waals surface area contributed by atoms with E-state index in [-0.39, 0.29) is 5.03 Å². The van der Waals surface area contributed by atoms with E-state index in [4.69, 9.17) is 0 Å².